The first kappa shape index (κ1) is 93.8. The van der Waals surface area contributed by atoms with E-state index in [0.717, 1.165) is 93.7 Å². The highest BCUT2D eigenvalue weighted by Gasteiger charge is 2.43. The van der Waals surface area contributed by atoms with Gasteiger partial charge in [0.2, 0.25) is 0 Å². The Morgan fingerprint density at radius 1 is 0.417 bits per heavy atom. The van der Waals surface area contributed by atoms with Gasteiger partial charge in [0.1, 0.15) is 6.61 Å². The van der Waals surface area contributed by atoms with Gasteiger partial charge in [-0.05, 0) is 231 Å². The van der Waals surface area contributed by atoms with Crippen LogP contribution in [0.5, 0.6) is 0 Å². The summed E-state index contributed by atoms with van der Waals surface area (Å²) in [5, 5.41) is 0. The number of carbonyl (C=O) groups excluding carboxylic acids is 1. The lowest BCUT2D eigenvalue weighted by Crippen LogP contribution is -2.40. The van der Waals surface area contributed by atoms with Crippen LogP contribution in [0, 0.1) is 74.9 Å². The molecule has 6 unspecified atom stereocenters. The maximum Gasteiger partial charge on any atom is 0.338 e. The van der Waals surface area contributed by atoms with Crippen LogP contribution in [0.15, 0.2) is 30.3 Å². The van der Waals surface area contributed by atoms with Gasteiger partial charge in [-0.3, -0.25) is 0 Å². The van der Waals surface area contributed by atoms with Crippen LogP contribution in [-0.4, -0.2) is 101 Å². The Balaban J connectivity index is 0.000000276. The zero-order valence-electron chi connectivity index (χ0n) is 71.9. The molecule has 1 aromatic rings. The summed E-state index contributed by atoms with van der Waals surface area (Å²) in [7, 11) is 0. The summed E-state index contributed by atoms with van der Waals surface area (Å²) in [5.41, 5.74) is 2.00. The van der Waals surface area contributed by atoms with E-state index < -0.39 is 0 Å². The molecule has 0 bridgehead atoms. The van der Waals surface area contributed by atoms with Crippen LogP contribution >= 0.6 is 0 Å². The normalized spacial score (nSPS) is 21.5. The summed E-state index contributed by atoms with van der Waals surface area (Å²) in [4.78, 5) is 11.8. The van der Waals surface area contributed by atoms with E-state index in [-0.39, 0.29) is 24.1 Å². The predicted molar refractivity (Wildman–Crippen MR) is 439 cm³/mol. The van der Waals surface area contributed by atoms with Gasteiger partial charge in [0.05, 0.1) is 74.2 Å². The molecular weight excluding hydrogens is 1270 g/mol. The van der Waals surface area contributed by atoms with Crippen LogP contribution < -0.4 is 0 Å². The molecule has 6 saturated carbocycles. The summed E-state index contributed by atoms with van der Waals surface area (Å²) in [6.45, 7) is 51.3. The standard InChI is InChI=1S/C25H46O.C19H28O4.C19H38O.C18H36O2.C13H26O/c1-21(26-19-18-22-12-6-3-7-13-22)20-25(2,23-14-8-4-9-15-23)24-16-10-5-11-17-24;1-15(14-19(2,3)17-10-7-11-22-17)21-12-13-23-18(20)16-8-5-4-6-9-16;1-15(2)19(6,16(3)4)14-17(5)20-13-12-18-10-8-7-9-11-18;1-14(2)18(15(3)4)13-16(5)19-11-12-20-17-9-7-6-8-10-17;1-11(10-13(2,3)4)14-12-8-6-5-7-9-12/h21-24H,3-20H2,1-2H3;4-6,8-9,15,17H,7,10-14H2,1-3H3;15-18H,7-14H2,1-6H3;14-18H,6-13H2,1-5H3;11-12H,5-10H2,1-4H3. The number of benzene rings is 1. The summed E-state index contributed by atoms with van der Waals surface area (Å²) < 4.78 is 47.3. The van der Waals surface area contributed by atoms with Gasteiger partial charge >= 0.3 is 5.97 Å². The molecule has 0 aromatic heterocycles. The van der Waals surface area contributed by atoms with Crippen LogP contribution in [0.2, 0.25) is 0 Å². The minimum Gasteiger partial charge on any atom is -0.460 e. The van der Waals surface area contributed by atoms with Crippen molar-refractivity contribution < 1.29 is 42.7 Å². The zero-order chi connectivity index (χ0) is 75.7. The quantitative estimate of drug-likeness (QED) is 0.0481. The van der Waals surface area contributed by atoms with E-state index >= 15 is 0 Å². The number of carbonyl (C=O) groups is 1. The second kappa shape index (κ2) is 51.8. The summed E-state index contributed by atoms with van der Waals surface area (Å²) in [6, 6.07) is 9.01. The summed E-state index contributed by atoms with van der Waals surface area (Å²) in [5.74, 6) is 7.17. The molecule has 9 nitrogen and oxygen atoms in total. The molecule has 0 N–H and O–H groups in total. The molecule has 0 radical (unpaired) electrons. The van der Waals surface area contributed by atoms with Gasteiger partial charge in [-0.15, -0.1) is 0 Å². The Bertz CT molecular complexity index is 2140. The molecule has 1 aromatic carbocycles. The second-order valence-corrected chi connectivity index (χ2v) is 38.4. The van der Waals surface area contributed by atoms with Crippen LogP contribution in [-0.2, 0) is 37.9 Å². The first-order chi connectivity index (χ1) is 49.0. The van der Waals surface area contributed by atoms with Crippen molar-refractivity contribution in [1.82, 2.24) is 0 Å². The Morgan fingerprint density at radius 2 is 0.835 bits per heavy atom. The number of hydrogen-bond acceptors (Lipinski definition) is 9. The van der Waals surface area contributed by atoms with E-state index in [0.29, 0.717) is 83.0 Å². The van der Waals surface area contributed by atoms with E-state index in [1.54, 1.807) is 12.1 Å². The van der Waals surface area contributed by atoms with Gasteiger partial charge in [0, 0.05) is 19.8 Å². The van der Waals surface area contributed by atoms with E-state index in [2.05, 4.69) is 138 Å². The van der Waals surface area contributed by atoms with E-state index in [4.69, 9.17) is 37.9 Å². The Kier molecular flexibility index (Phi) is 47.2. The van der Waals surface area contributed by atoms with Crippen LogP contribution in [0.4, 0.5) is 0 Å². The predicted octanol–water partition coefficient (Wildman–Crippen LogP) is 27.1. The number of ether oxygens (including phenoxy) is 8. The van der Waals surface area contributed by atoms with Crippen molar-refractivity contribution in [3.05, 3.63) is 35.9 Å². The average molecular weight is 1450 g/mol. The minimum absolute atomic E-state index is 0.108. The molecule has 604 valence electrons. The summed E-state index contributed by atoms with van der Waals surface area (Å²) in [6.07, 6.45) is 56.4. The lowest BCUT2D eigenvalue weighted by molar-refractivity contribution is -0.0367. The lowest BCUT2D eigenvalue weighted by Gasteiger charge is -2.48. The molecule has 0 spiro atoms. The molecule has 103 heavy (non-hydrogen) atoms. The number of esters is 1. The Labute approximate surface area is 640 Å². The van der Waals surface area contributed by atoms with Gasteiger partial charge in [-0.1, -0.05) is 263 Å². The van der Waals surface area contributed by atoms with Crippen molar-refractivity contribution in [1.29, 1.82) is 0 Å². The van der Waals surface area contributed by atoms with Gasteiger partial charge in [0.25, 0.3) is 0 Å². The average Bonchev–Trinajstić information content (AvgIpc) is 1.58. The monoisotopic (exact) mass is 1450 g/mol. The molecule has 1 heterocycles. The largest absolute Gasteiger partial charge is 0.460 e. The molecule has 6 aliphatic carbocycles. The van der Waals surface area contributed by atoms with Gasteiger partial charge < -0.3 is 37.9 Å². The van der Waals surface area contributed by atoms with Gasteiger partial charge in [-0.25, -0.2) is 4.79 Å². The maximum atomic E-state index is 11.8. The number of hydrogen-bond donors (Lipinski definition) is 0. The fourth-order valence-electron chi connectivity index (χ4n) is 19.6. The second-order valence-electron chi connectivity index (χ2n) is 38.4. The van der Waals surface area contributed by atoms with Crippen molar-refractivity contribution in [3.8, 4) is 0 Å². The Morgan fingerprint density at radius 3 is 1.28 bits per heavy atom. The molecule has 7 aliphatic rings. The van der Waals surface area contributed by atoms with E-state index in [1.165, 1.54) is 231 Å². The highest BCUT2D eigenvalue weighted by atomic mass is 16.6. The van der Waals surface area contributed by atoms with Gasteiger partial charge in [-0.2, -0.15) is 0 Å². The fraction of sp³-hybridized carbons (Fsp3) is 0.926. The first-order valence-electron chi connectivity index (χ1n) is 44.6. The third-order valence-electron chi connectivity index (χ3n) is 26.4. The molecule has 1 saturated heterocycles. The topological polar surface area (TPSA) is 90.9 Å². The third-order valence-corrected chi connectivity index (χ3v) is 26.4. The smallest absolute Gasteiger partial charge is 0.338 e. The minimum atomic E-state index is -0.304. The van der Waals surface area contributed by atoms with Crippen molar-refractivity contribution >= 4 is 5.97 Å². The van der Waals surface area contributed by atoms with E-state index in [1.807, 2.05) is 18.2 Å². The van der Waals surface area contributed by atoms with Crippen molar-refractivity contribution in [2.75, 3.05) is 46.2 Å². The van der Waals surface area contributed by atoms with Crippen molar-refractivity contribution in [2.45, 2.75) is 438 Å². The fourth-order valence-corrected chi connectivity index (χ4v) is 19.6. The first-order valence-corrected chi connectivity index (χ1v) is 44.6. The third kappa shape index (κ3) is 39.2. The highest BCUT2D eigenvalue weighted by molar-refractivity contribution is 5.89. The van der Waals surface area contributed by atoms with Crippen molar-refractivity contribution in [3.63, 3.8) is 0 Å². The van der Waals surface area contributed by atoms with Crippen LogP contribution in [0.1, 0.15) is 399 Å². The molecule has 1 aliphatic heterocycles. The molecule has 6 atom stereocenters. The Hall–Kier alpha value is -1.59. The van der Waals surface area contributed by atoms with E-state index in [9.17, 15) is 4.79 Å². The molecule has 7 fully saturated rings. The maximum absolute atomic E-state index is 11.8. The van der Waals surface area contributed by atoms with Crippen LogP contribution in [0.3, 0.4) is 0 Å². The SMILES string of the molecule is CC(CC(C(C)C)C(C)C)OCCOC1CCCCC1.CC(CC(C)(C(C)C)C(C)C)OCCC1CCCCC1.CC(CC(C)(C)C)OC1CCCCC1.CC(CC(C)(C)C1CCCO1)OCCOC(=O)c1ccccc1.CC(CC(C)(C1CCCCC1)C1CCCCC1)OCCC1CCCCC1. The molecular formula is C94H174O9. The highest BCUT2D eigenvalue weighted by Crippen LogP contribution is 2.52. The zero-order valence-corrected chi connectivity index (χ0v) is 71.9. The molecule has 0 amide bonds. The molecule has 9 heteroatoms. The van der Waals surface area contributed by atoms with Gasteiger partial charge in [0.15, 0.2) is 0 Å². The number of rotatable bonds is 36. The van der Waals surface area contributed by atoms with Crippen molar-refractivity contribution in [2.24, 2.45) is 74.9 Å². The molecule has 8 rings (SSSR count). The van der Waals surface area contributed by atoms with Crippen LogP contribution in [0.25, 0.3) is 0 Å². The summed E-state index contributed by atoms with van der Waals surface area (Å²) >= 11 is 0. The lowest BCUT2D eigenvalue weighted by atomic mass is 9.58.